The van der Waals surface area contributed by atoms with Gasteiger partial charge < -0.3 is 0 Å². The summed E-state index contributed by atoms with van der Waals surface area (Å²) in [4.78, 5) is 20.8. The molecule has 1 heterocycles. The Kier molecular flexibility index (Phi) is 3.52. The number of benzene rings is 1. The second-order valence-corrected chi connectivity index (χ2v) is 5.82. The van der Waals surface area contributed by atoms with Crippen LogP contribution in [0.4, 0.5) is 13.2 Å². The fraction of sp³-hybridized carbons (Fsp3) is 0.200. The lowest BCUT2D eigenvalue weighted by molar-refractivity contribution is -0.134. The Balaban J connectivity index is 2.51. The van der Waals surface area contributed by atoms with Crippen molar-refractivity contribution in [3.05, 3.63) is 29.6 Å². The molecule has 0 radical (unpaired) electrons. The lowest BCUT2D eigenvalue weighted by atomic mass is 10.3. The maximum atomic E-state index is 13.5. The topological polar surface area (TPSA) is 83.6 Å². The lowest BCUT2D eigenvalue weighted by Crippen LogP contribution is -2.53. The molecule has 1 aliphatic rings. The Hall–Kier alpha value is -1.94. The van der Waals surface area contributed by atoms with Crippen LogP contribution in [-0.4, -0.2) is 37.6 Å². The number of carbonyl (C=O) groups is 2. The zero-order valence-corrected chi connectivity index (χ0v) is 10.5. The van der Waals surface area contributed by atoms with Crippen molar-refractivity contribution in [1.82, 2.24) is 9.62 Å². The van der Waals surface area contributed by atoms with Crippen LogP contribution >= 0.6 is 0 Å². The van der Waals surface area contributed by atoms with Crippen molar-refractivity contribution in [2.75, 3.05) is 13.1 Å². The van der Waals surface area contributed by atoms with Gasteiger partial charge in [0.05, 0.1) is 13.1 Å². The van der Waals surface area contributed by atoms with E-state index in [1.54, 1.807) is 0 Å². The molecule has 1 fully saturated rings. The van der Waals surface area contributed by atoms with Crippen molar-refractivity contribution in [1.29, 1.82) is 0 Å². The van der Waals surface area contributed by atoms with Crippen LogP contribution in [0.3, 0.4) is 0 Å². The van der Waals surface area contributed by atoms with Gasteiger partial charge in [0.25, 0.3) is 0 Å². The molecule has 0 saturated carbocycles. The van der Waals surface area contributed by atoms with Gasteiger partial charge in [0.2, 0.25) is 21.8 Å². The van der Waals surface area contributed by atoms with Crippen LogP contribution in [-0.2, 0) is 19.6 Å². The van der Waals surface area contributed by atoms with Gasteiger partial charge in [-0.05, 0) is 0 Å². The number of nitrogens with zero attached hydrogens (tertiary/aromatic N) is 1. The monoisotopic (exact) mass is 308 g/mol. The molecule has 0 bridgehead atoms. The highest BCUT2D eigenvalue weighted by Gasteiger charge is 2.36. The van der Waals surface area contributed by atoms with Gasteiger partial charge >= 0.3 is 0 Å². The summed E-state index contributed by atoms with van der Waals surface area (Å²) in [7, 11) is -4.77. The van der Waals surface area contributed by atoms with Crippen LogP contribution in [0.5, 0.6) is 0 Å². The molecule has 1 aromatic carbocycles. The van der Waals surface area contributed by atoms with Gasteiger partial charge in [-0.3, -0.25) is 14.9 Å². The number of halogens is 3. The largest absolute Gasteiger partial charge is 0.294 e. The molecule has 2 amide bonds. The highest BCUT2D eigenvalue weighted by molar-refractivity contribution is 7.89. The smallest absolute Gasteiger partial charge is 0.249 e. The van der Waals surface area contributed by atoms with E-state index in [1.807, 2.05) is 5.32 Å². The molecule has 1 saturated heterocycles. The molecule has 0 unspecified atom stereocenters. The molecule has 10 heteroatoms. The molecule has 108 valence electrons. The Morgan fingerprint density at radius 2 is 1.45 bits per heavy atom. The summed E-state index contributed by atoms with van der Waals surface area (Å²) < 4.78 is 64.1. The molecule has 20 heavy (non-hydrogen) atoms. The second-order valence-electron chi connectivity index (χ2n) is 3.94. The predicted octanol–water partition coefficient (Wildman–Crippen LogP) is -0.249. The van der Waals surface area contributed by atoms with Crippen LogP contribution in [0.2, 0.25) is 0 Å². The van der Waals surface area contributed by atoms with Gasteiger partial charge in [0.15, 0.2) is 4.90 Å². The SMILES string of the molecule is O=C1CN(S(=O)(=O)c2c(F)cc(F)cc2F)CC(=O)N1. The molecule has 0 aromatic heterocycles. The molecule has 2 rings (SSSR count). The Morgan fingerprint density at radius 3 is 1.90 bits per heavy atom. The molecule has 6 nitrogen and oxygen atoms in total. The third-order valence-corrected chi connectivity index (χ3v) is 4.32. The van der Waals surface area contributed by atoms with E-state index in [1.165, 1.54) is 0 Å². The van der Waals surface area contributed by atoms with E-state index in [4.69, 9.17) is 0 Å². The maximum Gasteiger partial charge on any atom is 0.249 e. The average molecular weight is 308 g/mol. The second kappa shape index (κ2) is 4.87. The molecule has 0 spiro atoms. The van der Waals surface area contributed by atoms with E-state index in [0.717, 1.165) is 0 Å². The first kappa shape index (κ1) is 14.5. The van der Waals surface area contributed by atoms with E-state index in [0.29, 0.717) is 4.31 Å². The van der Waals surface area contributed by atoms with E-state index in [-0.39, 0.29) is 12.1 Å². The number of piperazine rings is 1. The van der Waals surface area contributed by atoms with Crippen LogP contribution in [0.1, 0.15) is 0 Å². The minimum atomic E-state index is -4.77. The third kappa shape index (κ3) is 2.51. The highest BCUT2D eigenvalue weighted by atomic mass is 32.2. The summed E-state index contributed by atoms with van der Waals surface area (Å²) in [5, 5.41) is 1.84. The number of rotatable bonds is 2. The van der Waals surface area contributed by atoms with Crippen molar-refractivity contribution in [3.63, 3.8) is 0 Å². The normalized spacial score (nSPS) is 17.1. The first-order valence-electron chi connectivity index (χ1n) is 5.19. The first-order chi connectivity index (χ1) is 9.21. The number of sulfonamides is 1. The predicted molar refractivity (Wildman–Crippen MR) is 58.2 cm³/mol. The van der Waals surface area contributed by atoms with Crippen LogP contribution in [0.25, 0.3) is 0 Å². The van der Waals surface area contributed by atoms with Crippen molar-refractivity contribution >= 4 is 21.8 Å². The number of nitrogens with one attached hydrogen (secondary N) is 1. The van der Waals surface area contributed by atoms with Crippen LogP contribution in [0.15, 0.2) is 17.0 Å². The van der Waals surface area contributed by atoms with Gasteiger partial charge in [-0.2, -0.15) is 4.31 Å². The summed E-state index contributed by atoms with van der Waals surface area (Å²) in [5.74, 6) is -6.41. The first-order valence-corrected chi connectivity index (χ1v) is 6.63. The Labute approximate surface area is 111 Å². The zero-order valence-electron chi connectivity index (χ0n) is 9.69. The van der Waals surface area contributed by atoms with E-state index >= 15 is 0 Å². The van der Waals surface area contributed by atoms with Gasteiger partial charge in [0.1, 0.15) is 17.5 Å². The molecule has 0 aliphatic carbocycles. The average Bonchev–Trinajstić information content (AvgIpc) is 2.25. The quantitative estimate of drug-likeness (QED) is 0.764. The lowest BCUT2D eigenvalue weighted by Gasteiger charge is -2.25. The molecule has 1 aromatic rings. The van der Waals surface area contributed by atoms with Gasteiger partial charge in [-0.15, -0.1) is 0 Å². The van der Waals surface area contributed by atoms with Gasteiger partial charge in [-0.1, -0.05) is 0 Å². The summed E-state index contributed by atoms with van der Waals surface area (Å²) in [6, 6.07) is 0.392. The van der Waals surface area contributed by atoms with Crippen molar-refractivity contribution in [2.24, 2.45) is 0 Å². The van der Waals surface area contributed by atoms with Crippen LogP contribution in [0, 0.1) is 17.5 Å². The summed E-state index contributed by atoms with van der Waals surface area (Å²) in [6.07, 6.45) is 0. The molecule has 0 atom stereocenters. The third-order valence-electron chi connectivity index (χ3n) is 2.48. The number of hydrogen-bond donors (Lipinski definition) is 1. The highest BCUT2D eigenvalue weighted by Crippen LogP contribution is 2.24. The molecular formula is C10H7F3N2O4S. The Morgan fingerprint density at radius 1 is 1.00 bits per heavy atom. The maximum absolute atomic E-state index is 13.5. The number of hydrogen-bond acceptors (Lipinski definition) is 4. The van der Waals surface area contributed by atoms with E-state index in [9.17, 15) is 31.2 Å². The van der Waals surface area contributed by atoms with Crippen molar-refractivity contribution < 1.29 is 31.2 Å². The number of carbonyl (C=O) groups excluding carboxylic acids is 2. The van der Waals surface area contributed by atoms with Gasteiger partial charge in [0, 0.05) is 12.1 Å². The van der Waals surface area contributed by atoms with E-state index in [2.05, 4.69) is 0 Å². The molecular weight excluding hydrogens is 301 g/mol. The summed E-state index contributed by atoms with van der Waals surface area (Å²) in [5.41, 5.74) is 0. The standard InChI is InChI=1S/C10H7F3N2O4S/c11-5-1-6(12)10(7(13)2-5)20(18,19)15-3-8(16)14-9(17)4-15/h1-2H,3-4H2,(H,14,16,17). The van der Waals surface area contributed by atoms with E-state index < -0.39 is 57.3 Å². The minimum absolute atomic E-state index is 0.196. The summed E-state index contributed by atoms with van der Waals surface area (Å²) in [6.45, 7) is -1.52. The summed E-state index contributed by atoms with van der Waals surface area (Å²) >= 11 is 0. The molecule has 1 N–H and O–H groups in total. The number of amides is 2. The van der Waals surface area contributed by atoms with Gasteiger partial charge in [-0.25, -0.2) is 21.6 Å². The fourth-order valence-electron chi connectivity index (χ4n) is 1.69. The van der Waals surface area contributed by atoms with Crippen molar-refractivity contribution in [3.8, 4) is 0 Å². The van der Waals surface area contributed by atoms with Crippen molar-refractivity contribution in [2.45, 2.75) is 4.90 Å². The Bertz CT molecular complexity index is 665. The fourth-order valence-corrected chi connectivity index (χ4v) is 3.13. The van der Waals surface area contributed by atoms with Crippen LogP contribution < -0.4 is 5.32 Å². The number of imide groups is 1. The zero-order chi connectivity index (χ0) is 15.1. The minimum Gasteiger partial charge on any atom is -0.294 e. The molecule has 1 aliphatic heterocycles.